The second kappa shape index (κ2) is 3.99. The first kappa shape index (κ1) is 13.4. The third-order valence-electron chi connectivity index (χ3n) is 4.90. The van der Waals surface area contributed by atoms with E-state index in [4.69, 9.17) is 9.31 Å². The lowest BCUT2D eigenvalue weighted by Gasteiger charge is -2.32. The smallest absolute Gasteiger partial charge is 0.403 e. The molecule has 0 radical (unpaired) electrons. The minimum absolute atomic E-state index is 0.00102. The highest BCUT2D eigenvalue weighted by Gasteiger charge is 2.51. The van der Waals surface area contributed by atoms with Gasteiger partial charge in [-0.15, -0.1) is 0 Å². The average molecular weight is 238 g/mol. The van der Waals surface area contributed by atoms with E-state index in [1.54, 1.807) is 0 Å². The lowest BCUT2D eigenvalue weighted by atomic mass is 9.75. The Morgan fingerprint density at radius 3 is 1.94 bits per heavy atom. The Labute approximate surface area is 107 Å². The number of rotatable bonds is 2. The van der Waals surface area contributed by atoms with Crippen LogP contribution in [-0.2, 0) is 9.31 Å². The van der Waals surface area contributed by atoms with Gasteiger partial charge >= 0.3 is 7.12 Å². The van der Waals surface area contributed by atoms with Crippen LogP contribution in [0.1, 0.15) is 60.8 Å². The standard InChI is InChI=1S/C14H27BO2/c1-12(2)8-7-11(9-12)10-15-16-13(3,4)14(5,6)17-15/h11H,7-10H2,1-6H3. The molecule has 1 atom stereocenters. The summed E-state index contributed by atoms with van der Waals surface area (Å²) in [6.07, 6.45) is 5.06. The third-order valence-corrected chi connectivity index (χ3v) is 4.90. The van der Waals surface area contributed by atoms with Crippen LogP contribution < -0.4 is 0 Å². The van der Waals surface area contributed by atoms with Crippen molar-refractivity contribution < 1.29 is 9.31 Å². The van der Waals surface area contributed by atoms with E-state index < -0.39 is 0 Å². The molecule has 1 aliphatic heterocycles. The van der Waals surface area contributed by atoms with Crippen molar-refractivity contribution in [3.8, 4) is 0 Å². The molecule has 1 aliphatic carbocycles. The molecule has 3 heteroatoms. The molecule has 1 saturated carbocycles. The number of hydrogen-bond acceptors (Lipinski definition) is 2. The molecular weight excluding hydrogens is 211 g/mol. The summed E-state index contributed by atoms with van der Waals surface area (Å²) in [5.41, 5.74) is 0.173. The Kier molecular flexibility index (Phi) is 3.15. The van der Waals surface area contributed by atoms with Gasteiger partial charge in [-0.1, -0.05) is 20.3 Å². The van der Waals surface area contributed by atoms with Crippen LogP contribution in [0.15, 0.2) is 0 Å². The molecule has 2 rings (SSSR count). The zero-order valence-corrected chi connectivity index (χ0v) is 12.3. The fourth-order valence-electron chi connectivity index (χ4n) is 3.12. The molecule has 0 amide bonds. The Morgan fingerprint density at radius 1 is 1.00 bits per heavy atom. The maximum absolute atomic E-state index is 6.07. The molecule has 0 bridgehead atoms. The van der Waals surface area contributed by atoms with Crippen molar-refractivity contribution in [1.82, 2.24) is 0 Å². The number of hydrogen-bond donors (Lipinski definition) is 0. The van der Waals surface area contributed by atoms with Gasteiger partial charge in [-0.3, -0.25) is 0 Å². The monoisotopic (exact) mass is 238 g/mol. The van der Waals surface area contributed by atoms with E-state index in [0.29, 0.717) is 5.41 Å². The molecule has 2 fully saturated rings. The van der Waals surface area contributed by atoms with Crippen LogP contribution in [0.3, 0.4) is 0 Å². The van der Waals surface area contributed by atoms with Crippen molar-refractivity contribution in [2.75, 3.05) is 0 Å². The van der Waals surface area contributed by atoms with Gasteiger partial charge in [0.05, 0.1) is 11.2 Å². The van der Waals surface area contributed by atoms with Crippen LogP contribution in [0.5, 0.6) is 0 Å². The van der Waals surface area contributed by atoms with Gasteiger partial charge in [0.25, 0.3) is 0 Å². The minimum Gasteiger partial charge on any atom is -0.403 e. The molecule has 1 heterocycles. The summed E-state index contributed by atoms with van der Waals surface area (Å²) in [5, 5.41) is 0. The summed E-state index contributed by atoms with van der Waals surface area (Å²) in [4.78, 5) is 0. The summed E-state index contributed by atoms with van der Waals surface area (Å²) in [6, 6.07) is 0. The Morgan fingerprint density at radius 2 is 1.53 bits per heavy atom. The van der Waals surface area contributed by atoms with Crippen LogP contribution in [0.25, 0.3) is 0 Å². The van der Waals surface area contributed by atoms with E-state index in [9.17, 15) is 0 Å². The normalized spacial score (nSPS) is 34.2. The van der Waals surface area contributed by atoms with E-state index in [1.807, 2.05) is 0 Å². The molecule has 2 aliphatic rings. The molecule has 1 saturated heterocycles. The lowest BCUT2D eigenvalue weighted by molar-refractivity contribution is 0.00578. The first-order chi connectivity index (χ1) is 7.61. The summed E-state index contributed by atoms with van der Waals surface area (Å²) < 4.78 is 12.1. The maximum Gasteiger partial charge on any atom is 0.458 e. The zero-order valence-electron chi connectivity index (χ0n) is 12.3. The van der Waals surface area contributed by atoms with Crippen LogP contribution in [0.4, 0.5) is 0 Å². The molecule has 0 spiro atoms. The first-order valence-corrected chi connectivity index (χ1v) is 6.97. The van der Waals surface area contributed by atoms with Gasteiger partial charge in [0.1, 0.15) is 0 Å². The SMILES string of the molecule is CC1(C)CCC(CB2OC(C)(C)C(C)(C)O2)C1. The van der Waals surface area contributed by atoms with Crippen molar-refractivity contribution in [1.29, 1.82) is 0 Å². The highest BCUT2D eigenvalue weighted by molar-refractivity contribution is 6.45. The van der Waals surface area contributed by atoms with E-state index >= 15 is 0 Å². The van der Waals surface area contributed by atoms with Gasteiger partial charge in [0.15, 0.2) is 0 Å². The third kappa shape index (κ3) is 2.71. The van der Waals surface area contributed by atoms with E-state index in [2.05, 4.69) is 41.5 Å². The van der Waals surface area contributed by atoms with Crippen molar-refractivity contribution in [3.05, 3.63) is 0 Å². The lowest BCUT2D eigenvalue weighted by Crippen LogP contribution is -2.41. The Hall–Kier alpha value is -0.0151. The topological polar surface area (TPSA) is 18.5 Å². The predicted molar refractivity (Wildman–Crippen MR) is 72.0 cm³/mol. The summed E-state index contributed by atoms with van der Waals surface area (Å²) in [5.74, 6) is 0.777. The Balaban J connectivity index is 1.91. The van der Waals surface area contributed by atoms with Crippen LogP contribution >= 0.6 is 0 Å². The van der Waals surface area contributed by atoms with Crippen LogP contribution in [0.2, 0.25) is 6.32 Å². The fourth-order valence-corrected chi connectivity index (χ4v) is 3.12. The van der Waals surface area contributed by atoms with E-state index in [0.717, 1.165) is 12.2 Å². The maximum atomic E-state index is 6.07. The van der Waals surface area contributed by atoms with Gasteiger partial charge in [-0.2, -0.15) is 0 Å². The molecule has 0 N–H and O–H groups in total. The molecular formula is C14H27BO2. The average Bonchev–Trinajstić information content (AvgIpc) is 2.51. The highest BCUT2D eigenvalue weighted by atomic mass is 16.7. The molecule has 17 heavy (non-hydrogen) atoms. The quantitative estimate of drug-likeness (QED) is 0.679. The van der Waals surface area contributed by atoms with Crippen molar-refractivity contribution >= 4 is 7.12 Å². The zero-order chi connectivity index (χ0) is 12.9. The second-order valence-corrected chi connectivity index (χ2v) is 7.69. The van der Waals surface area contributed by atoms with Crippen LogP contribution in [-0.4, -0.2) is 18.3 Å². The molecule has 0 aromatic carbocycles. The highest BCUT2D eigenvalue weighted by Crippen LogP contribution is 2.45. The van der Waals surface area contributed by atoms with E-state index in [-0.39, 0.29) is 18.3 Å². The van der Waals surface area contributed by atoms with Crippen LogP contribution in [0, 0.1) is 11.3 Å². The van der Waals surface area contributed by atoms with Gasteiger partial charge < -0.3 is 9.31 Å². The minimum atomic E-state index is -0.175. The molecule has 0 aromatic rings. The van der Waals surface area contributed by atoms with Gasteiger partial charge in [0, 0.05) is 0 Å². The summed E-state index contributed by atoms with van der Waals surface area (Å²) in [7, 11) is -0.00102. The van der Waals surface area contributed by atoms with Crippen molar-refractivity contribution in [3.63, 3.8) is 0 Å². The fraction of sp³-hybridized carbons (Fsp3) is 1.00. The molecule has 98 valence electrons. The van der Waals surface area contributed by atoms with Crippen molar-refractivity contribution in [2.45, 2.75) is 78.3 Å². The van der Waals surface area contributed by atoms with Gasteiger partial charge in [0.2, 0.25) is 0 Å². The first-order valence-electron chi connectivity index (χ1n) is 6.97. The van der Waals surface area contributed by atoms with Crippen molar-refractivity contribution in [2.24, 2.45) is 11.3 Å². The molecule has 0 aromatic heterocycles. The summed E-state index contributed by atoms with van der Waals surface area (Å²) >= 11 is 0. The van der Waals surface area contributed by atoms with E-state index in [1.165, 1.54) is 19.3 Å². The Bertz CT molecular complexity index is 281. The molecule has 2 nitrogen and oxygen atoms in total. The van der Waals surface area contributed by atoms with Gasteiger partial charge in [-0.25, -0.2) is 0 Å². The van der Waals surface area contributed by atoms with Gasteiger partial charge in [-0.05, 0) is 58.2 Å². The summed E-state index contributed by atoms with van der Waals surface area (Å²) in [6.45, 7) is 13.3. The predicted octanol–water partition coefficient (Wildman–Crippen LogP) is 3.90. The second-order valence-electron chi connectivity index (χ2n) is 7.69. The molecule has 1 unspecified atom stereocenters. The largest absolute Gasteiger partial charge is 0.458 e.